The van der Waals surface area contributed by atoms with Crippen LogP contribution in [0.5, 0.6) is 0 Å². The van der Waals surface area contributed by atoms with E-state index in [2.05, 4.69) is 5.10 Å². The van der Waals surface area contributed by atoms with Crippen molar-refractivity contribution in [2.24, 2.45) is 12.2 Å². The first-order chi connectivity index (χ1) is 9.98. The number of hydrogen-bond acceptors (Lipinski definition) is 5. The number of nitrogens with zero attached hydrogens (tertiary/aromatic N) is 3. The number of quaternary nitrogens is 1. The fourth-order valence-corrected chi connectivity index (χ4v) is 1.90. The van der Waals surface area contributed by atoms with Crippen molar-refractivity contribution in [3.63, 3.8) is 0 Å². The van der Waals surface area contributed by atoms with Crippen LogP contribution < -0.4 is 10.2 Å². The van der Waals surface area contributed by atoms with Gasteiger partial charge in [-0.3, -0.25) is 4.68 Å². The van der Waals surface area contributed by atoms with Crippen molar-refractivity contribution in [1.29, 1.82) is 0 Å². The Morgan fingerprint density at radius 2 is 1.78 bits per heavy atom. The van der Waals surface area contributed by atoms with Crippen LogP contribution in [0.2, 0.25) is 0 Å². The molecule has 0 aliphatic rings. The van der Waals surface area contributed by atoms with Gasteiger partial charge in [0.1, 0.15) is 12.0 Å². The Labute approximate surface area is 131 Å². The molecule has 0 aliphatic carbocycles. The second-order valence-electron chi connectivity index (χ2n) is 5.65. The molecule has 1 atom stereocenters. The summed E-state index contributed by atoms with van der Waals surface area (Å²) < 4.78 is 56.1. The zero-order valence-corrected chi connectivity index (χ0v) is 14.1. The molecule has 1 aromatic rings. The van der Waals surface area contributed by atoms with Gasteiger partial charge in [0, 0.05) is 13.1 Å². The van der Waals surface area contributed by atoms with Crippen LogP contribution in [-0.4, -0.2) is 56.0 Å². The largest absolute Gasteiger partial charge is 0.542 e. The zero-order chi connectivity index (χ0) is 18.8. The minimum Gasteiger partial charge on any atom is -0.542 e. The molecular weight excluding hydrogens is 341 g/mol. The molecule has 12 heteroatoms. The molecule has 0 fully saturated rings. The normalized spacial score (nSPS) is 14.0. The fourth-order valence-electron chi connectivity index (χ4n) is 1.38. The standard InChI is InChI=1S/C9H19N4O2S.C2HF3O2/c1-7(13(3,4)5)8-6-9(11-12(8)2)16(10,14)15;3-2(4,5)1(6)7/h6-7H,1-5H3,(H2,10,14,15);(H,6,7)/q+1;/p-1. The maximum Gasteiger partial charge on any atom is 0.430 e. The lowest BCUT2D eigenvalue weighted by atomic mass is 10.2. The van der Waals surface area contributed by atoms with Gasteiger partial charge in [-0.1, -0.05) is 0 Å². The van der Waals surface area contributed by atoms with Crippen molar-refractivity contribution < 1.29 is 36.0 Å². The molecule has 23 heavy (non-hydrogen) atoms. The van der Waals surface area contributed by atoms with Gasteiger partial charge < -0.3 is 14.4 Å². The Balaban J connectivity index is 0.000000585. The molecule has 134 valence electrons. The number of nitrogens with two attached hydrogens (primary N) is 1. The number of aromatic nitrogens is 2. The lowest BCUT2D eigenvalue weighted by molar-refractivity contribution is -0.900. The SMILES string of the molecule is CC(c1cc(S(N)(=O)=O)nn1C)[N+](C)(C)C.O=C([O-])C(F)(F)F. The molecule has 0 bridgehead atoms. The summed E-state index contributed by atoms with van der Waals surface area (Å²) in [5, 5.41) is 17.7. The van der Waals surface area contributed by atoms with Crippen molar-refractivity contribution in [1.82, 2.24) is 9.78 Å². The van der Waals surface area contributed by atoms with Crippen LogP contribution >= 0.6 is 0 Å². The van der Waals surface area contributed by atoms with E-state index < -0.39 is 22.2 Å². The van der Waals surface area contributed by atoms with Gasteiger partial charge in [-0.25, -0.2) is 13.6 Å². The molecule has 2 N–H and O–H groups in total. The van der Waals surface area contributed by atoms with Crippen LogP contribution in [0, 0.1) is 0 Å². The molecule has 0 amide bonds. The van der Waals surface area contributed by atoms with Gasteiger partial charge in [0.05, 0.1) is 26.8 Å². The van der Waals surface area contributed by atoms with E-state index >= 15 is 0 Å². The highest BCUT2D eigenvalue weighted by molar-refractivity contribution is 7.89. The van der Waals surface area contributed by atoms with Gasteiger partial charge >= 0.3 is 6.18 Å². The summed E-state index contributed by atoms with van der Waals surface area (Å²) in [5.41, 5.74) is 0.844. The van der Waals surface area contributed by atoms with Crippen LogP contribution in [0.1, 0.15) is 18.7 Å². The van der Waals surface area contributed by atoms with E-state index in [1.54, 1.807) is 11.7 Å². The van der Waals surface area contributed by atoms with Gasteiger partial charge in [-0.15, -0.1) is 0 Å². The van der Waals surface area contributed by atoms with Crippen molar-refractivity contribution in [2.45, 2.75) is 24.2 Å². The van der Waals surface area contributed by atoms with Gasteiger partial charge in [-0.2, -0.15) is 18.3 Å². The molecule has 1 aromatic heterocycles. The first-order valence-electron chi connectivity index (χ1n) is 6.14. The predicted octanol–water partition coefficient (Wildman–Crippen LogP) is -0.867. The Kier molecular flexibility index (Phi) is 6.35. The summed E-state index contributed by atoms with van der Waals surface area (Å²) in [7, 11) is 4.10. The Hall–Kier alpha value is -1.66. The summed E-state index contributed by atoms with van der Waals surface area (Å²) in [6.07, 6.45) is -5.19. The zero-order valence-electron chi connectivity index (χ0n) is 13.2. The maximum absolute atomic E-state index is 11.2. The van der Waals surface area contributed by atoms with E-state index in [-0.39, 0.29) is 11.1 Å². The summed E-state index contributed by atoms with van der Waals surface area (Å²) in [6, 6.07) is 1.66. The number of carboxylic acids is 1. The van der Waals surface area contributed by atoms with E-state index in [4.69, 9.17) is 15.0 Å². The van der Waals surface area contributed by atoms with E-state index in [0.29, 0.717) is 4.48 Å². The van der Waals surface area contributed by atoms with Crippen LogP contribution in [-0.2, 0) is 21.9 Å². The fraction of sp³-hybridized carbons (Fsp3) is 0.636. The second-order valence-corrected chi connectivity index (χ2v) is 7.16. The molecule has 0 saturated heterocycles. The molecule has 1 rings (SSSR count). The molecule has 0 radical (unpaired) electrons. The number of carboxylic acid groups (broad SMARTS) is 1. The van der Waals surface area contributed by atoms with Crippen molar-refractivity contribution in [3.05, 3.63) is 11.8 Å². The quantitative estimate of drug-likeness (QED) is 0.703. The highest BCUT2D eigenvalue weighted by Gasteiger charge is 2.29. The Bertz CT molecular complexity index is 662. The average Bonchev–Trinajstić information content (AvgIpc) is 2.68. The van der Waals surface area contributed by atoms with Crippen LogP contribution in [0.15, 0.2) is 11.1 Å². The first-order valence-corrected chi connectivity index (χ1v) is 7.68. The average molecular weight is 360 g/mol. The summed E-state index contributed by atoms with van der Waals surface area (Å²) in [4.78, 5) is 8.78. The van der Waals surface area contributed by atoms with Crippen molar-refractivity contribution in [3.8, 4) is 0 Å². The highest BCUT2D eigenvalue weighted by atomic mass is 32.2. The maximum atomic E-state index is 11.2. The van der Waals surface area contributed by atoms with E-state index in [9.17, 15) is 21.6 Å². The third kappa shape index (κ3) is 6.54. The summed E-state index contributed by atoms with van der Waals surface area (Å²) >= 11 is 0. The van der Waals surface area contributed by atoms with Crippen molar-refractivity contribution >= 4 is 16.0 Å². The first kappa shape index (κ1) is 21.3. The van der Waals surface area contributed by atoms with Gasteiger partial charge in [0.2, 0.25) is 0 Å². The molecule has 0 saturated carbocycles. The molecule has 8 nitrogen and oxygen atoms in total. The number of alkyl halides is 3. The molecule has 1 unspecified atom stereocenters. The van der Waals surface area contributed by atoms with Crippen molar-refractivity contribution in [2.75, 3.05) is 21.1 Å². The van der Waals surface area contributed by atoms with Crippen LogP contribution in [0.4, 0.5) is 13.2 Å². The topological polar surface area (TPSA) is 118 Å². The van der Waals surface area contributed by atoms with Gasteiger partial charge in [0.25, 0.3) is 10.0 Å². The molecule has 1 heterocycles. The van der Waals surface area contributed by atoms with E-state index in [0.717, 1.165) is 5.69 Å². The monoisotopic (exact) mass is 360 g/mol. The van der Waals surface area contributed by atoms with E-state index in [1.165, 1.54) is 6.07 Å². The number of aliphatic carboxylic acids is 1. The molecule has 0 aromatic carbocycles. The van der Waals surface area contributed by atoms with Gasteiger partial charge in [0.15, 0.2) is 5.03 Å². The third-order valence-corrected chi connectivity index (χ3v) is 3.79. The number of rotatable bonds is 3. The lowest BCUT2D eigenvalue weighted by Crippen LogP contribution is -2.38. The predicted molar refractivity (Wildman–Crippen MR) is 72.1 cm³/mol. The number of carbonyl (C=O) groups is 1. The molecular formula is C11H19F3N4O4S. The van der Waals surface area contributed by atoms with E-state index in [1.807, 2.05) is 28.1 Å². The number of halogens is 3. The number of aryl methyl sites for hydroxylation is 1. The molecule has 0 aliphatic heterocycles. The minimum atomic E-state index is -5.19. The number of hydrogen-bond donors (Lipinski definition) is 1. The Morgan fingerprint density at radius 1 is 1.39 bits per heavy atom. The highest BCUT2D eigenvalue weighted by Crippen LogP contribution is 2.23. The number of carbonyl (C=O) groups excluding carboxylic acids is 1. The van der Waals surface area contributed by atoms with Gasteiger partial charge in [-0.05, 0) is 6.92 Å². The third-order valence-electron chi connectivity index (χ3n) is 3.01. The smallest absolute Gasteiger partial charge is 0.430 e. The lowest BCUT2D eigenvalue weighted by Gasteiger charge is -2.31. The minimum absolute atomic E-state index is 0.0784. The molecule has 0 spiro atoms. The summed E-state index contributed by atoms with van der Waals surface area (Å²) in [5.74, 6) is -3.01. The Morgan fingerprint density at radius 3 is 2.00 bits per heavy atom. The van der Waals surface area contributed by atoms with Crippen LogP contribution in [0.3, 0.4) is 0 Å². The summed E-state index contributed by atoms with van der Waals surface area (Å²) in [6.45, 7) is 2.02. The number of primary sulfonamides is 1. The van der Waals surface area contributed by atoms with Crippen LogP contribution in [0.25, 0.3) is 0 Å². The second kappa shape index (κ2) is 6.84. The number of sulfonamides is 1.